The Kier molecular flexibility index (Phi) is 17.7. The predicted octanol–water partition coefficient (Wildman–Crippen LogP) is 7.04. The van der Waals surface area contributed by atoms with E-state index in [0.717, 1.165) is 18.5 Å². The highest BCUT2D eigenvalue weighted by Gasteiger charge is 2.08. The monoisotopic (exact) mass is 431 g/mol. The van der Waals surface area contributed by atoms with Crippen LogP contribution in [0, 0.1) is 0 Å². The number of carbonyl (C=O) groups is 1. The molecule has 0 aliphatic rings. The quantitative estimate of drug-likeness (QED) is 0.132. The minimum atomic E-state index is -0.696. The van der Waals surface area contributed by atoms with Gasteiger partial charge in [0.1, 0.15) is 12.7 Å². The largest absolute Gasteiger partial charge is 0.463 e. The summed E-state index contributed by atoms with van der Waals surface area (Å²) >= 11 is 0. The van der Waals surface area contributed by atoms with Crippen molar-refractivity contribution in [1.82, 2.24) is 0 Å². The Labute approximate surface area is 190 Å². The highest BCUT2D eigenvalue weighted by atomic mass is 16.5. The molecule has 0 saturated heterocycles. The number of ether oxygens (including phenoxy) is 1. The smallest absolute Gasteiger partial charge is 0.305 e. The zero-order chi connectivity index (χ0) is 22.4. The molecule has 1 aromatic rings. The number of allylic oxidation sites excluding steroid dienone is 2. The average molecular weight is 432 g/mol. The fourth-order valence-corrected chi connectivity index (χ4v) is 3.45. The number of anilines is 1. The second kappa shape index (κ2) is 20.1. The van der Waals surface area contributed by atoms with E-state index in [4.69, 9.17) is 4.74 Å². The van der Waals surface area contributed by atoms with Crippen LogP contribution in [0.3, 0.4) is 0 Å². The van der Waals surface area contributed by atoms with Gasteiger partial charge >= 0.3 is 5.97 Å². The standard InChI is InChI=1S/C27H45NO3/c1-2-3-4-5-6-7-8-9-10-11-12-13-14-15-19-22-27(30)31-24-26(29)23-28-25-20-17-16-18-21-25/h9-10,16-18,20-21,26,28-29H,2-8,11-15,19,22-24H2,1H3/b10-9-. The predicted molar refractivity (Wildman–Crippen MR) is 131 cm³/mol. The number of para-hydroxylation sites is 1. The van der Waals surface area contributed by atoms with E-state index in [1.165, 1.54) is 70.6 Å². The Morgan fingerprint density at radius 2 is 1.48 bits per heavy atom. The number of aliphatic hydroxyl groups excluding tert-OH is 1. The van der Waals surface area contributed by atoms with Gasteiger partial charge in [-0.2, -0.15) is 0 Å². The second-order valence-corrected chi connectivity index (χ2v) is 8.42. The van der Waals surface area contributed by atoms with E-state index in [2.05, 4.69) is 24.4 Å². The summed E-state index contributed by atoms with van der Waals surface area (Å²) < 4.78 is 5.17. The fourth-order valence-electron chi connectivity index (χ4n) is 3.45. The molecule has 0 heterocycles. The molecule has 1 aromatic carbocycles. The Hall–Kier alpha value is -1.81. The van der Waals surface area contributed by atoms with Crippen LogP contribution in [-0.2, 0) is 9.53 Å². The van der Waals surface area contributed by atoms with E-state index in [9.17, 15) is 9.90 Å². The van der Waals surface area contributed by atoms with E-state index in [1.54, 1.807) is 0 Å². The maximum Gasteiger partial charge on any atom is 0.305 e. The number of hydrogen-bond donors (Lipinski definition) is 2. The van der Waals surface area contributed by atoms with Crippen molar-refractivity contribution in [2.24, 2.45) is 0 Å². The summed E-state index contributed by atoms with van der Waals surface area (Å²) in [5, 5.41) is 13.0. The van der Waals surface area contributed by atoms with Gasteiger partial charge < -0.3 is 15.2 Å². The minimum absolute atomic E-state index is 0.0454. The molecule has 0 bridgehead atoms. The van der Waals surface area contributed by atoms with Crippen LogP contribution in [0.1, 0.15) is 96.8 Å². The number of carbonyl (C=O) groups excluding carboxylic acids is 1. The van der Waals surface area contributed by atoms with Crippen LogP contribution in [0.5, 0.6) is 0 Å². The van der Waals surface area contributed by atoms with Crippen LogP contribution < -0.4 is 5.32 Å². The molecule has 0 aliphatic heterocycles. The third-order valence-corrected chi connectivity index (χ3v) is 5.40. The Balaban J connectivity index is 1.85. The van der Waals surface area contributed by atoms with Gasteiger partial charge in [-0.25, -0.2) is 0 Å². The molecule has 0 fully saturated rings. The van der Waals surface area contributed by atoms with Crippen LogP contribution in [-0.4, -0.2) is 30.3 Å². The molecule has 0 spiro atoms. The minimum Gasteiger partial charge on any atom is -0.463 e. The molecule has 0 saturated carbocycles. The first-order valence-corrected chi connectivity index (χ1v) is 12.5. The Morgan fingerprint density at radius 1 is 0.903 bits per heavy atom. The summed E-state index contributed by atoms with van der Waals surface area (Å²) in [4.78, 5) is 11.8. The lowest BCUT2D eigenvalue weighted by molar-refractivity contribution is -0.146. The van der Waals surface area contributed by atoms with Crippen molar-refractivity contribution < 1.29 is 14.6 Å². The fraction of sp³-hybridized carbons (Fsp3) is 0.667. The molecule has 1 unspecified atom stereocenters. The SMILES string of the molecule is CCCCCCCC/C=C\CCCCCCCC(=O)OCC(O)CNc1ccccc1. The molecule has 4 heteroatoms. The van der Waals surface area contributed by atoms with Gasteiger partial charge in [0, 0.05) is 18.7 Å². The second-order valence-electron chi connectivity index (χ2n) is 8.42. The van der Waals surface area contributed by atoms with Gasteiger partial charge in [-0.05, 0) is 44.2 Å². The van der Waals surface area contributed by atoms with Crippen molar-refractivity contribution in [2.45, 2.75) is 103 Å². The normalized spacial score (nSPS) is 12.2. The molecule has 31 heavy (non-hydrogen) atoms. The van der Waals surface area contributed by atoms with Gasteiger partial charge in [0.15, 0.2) is 0 Å². The lowest BCUT2D eigenvalue weighted by atomic mass is 10.1. The maximum atomic E-state index is 11.8. The molecule has 0 amide bonds. The van der Waals surface area contributed by atoms with E-state index in [1.807, 2.05) is 30.3 Å². The number of benzene rings is 1. The van der Waals surface area contributed by atoms with Gasteiger partial charge in [0.05, 0.1) is 0 Å². The molecule has 1 rings (SSSR count). The molecule has 0 aromatic heterocycles. The van der Waals surface area contributed by atoms with Gasteiger partial charge in [0.2, 0.25) is 0 Å². The Bertz CT molecular complexity index is 559. The zero-order valence-electron chi connectivity index (χ0n) is 19.7. The summed E-state index contributed by atoms with van der Waals surface area (Å²) in [5.41, 5.74) is 0.946. The highest BCUT2D eigenvalue weighted by Crippen LogP contribution is 2.10. The molecule has 1 atom stereocenters. The highest BCUT2D eigenvalue weighted by molar-refractivity contribution is 5.69. The van der Waals surface area contributed by atoms with Crippen molar-refractivity contribution >= 4 is 11.7 Å². The van der Waals surface area contributed by atoms with Crippen LogP contribution in [0.4, 0.5) is 5.69 Å². The van der Waals surface area contributed by atoms with Crippen molar-refractivity contribution in [2.75, 3.05) is 18.5 Å². The maximum absolute atomic E-state index is 11.8. The van der Waals surface area contributed by atoms with Gasteiger partial charge in [-0.3, -0.25) is 4.79 Å². The third kappa shape index (κ3) is 17.6. The number of unbranched alkanes of at least 4 members (excludes halogenated alkanes) is 11. The molecular weight excluding hydrogens is 386 g/mol. The van der Waals surface area contributed by atoms with Crippen molar-refractivity contribution in [3.05, 3.63) is 42.5 Å². The van der Waals surface area contributed by atoms with E-state index >= 15 is 0 Å². The molecule has 176 valence electrons. The van der Waals surface area contributed by atoms with E-state index in [0.29, 0.717) is 13.0 Å². The van der Waals surface area contributed by atoms with Crippen LogP contribution in [0.15, 0.2) is 42.5 Å². The number of nitrogens with one attached hydrogen (secondary N) is 1. The lowest BCUT2D eigenvalue weighted by Crippen LogP contribution is -2.26. The first-order valence-electron chi connectivity index (χ1n) is 12.5. The first-order chi connectivity index (χ1) is 15.2. The average Bonchev–Trinajstić information content (AvgIpc) is 2.79. The molecule has 4 nitrogen and oxygen atoms in total. The lowest BCUT2D eigenvalue weighted by Gasteiger charge is -2.13. The topological polar surface area (TPSA) is 58.6 Å². The van der Waals surface area contributed by atoms with Crippen molar-refractivity contribution in [3.8, 4) is 0 Å². The molecule has 2 N–H and O–H groups in total. The van der Waals surface area contributed by atoms with E-state index in [-0.39, 0.29) is 12.6 Å². The van der Waals surface area contributed by atoms with Gasteiger partial charge in [-0.15, -0.1) is 0 Å². The molecular formula is C27H45NO3. The van der Waals surface area contributed by atoms with E-state index < -0.39 is 6.10 Å². The summed E-state index contributed by atoms with van der Waals surface area (Å²) in [7, 11) is 0. The molecule has 0 radical (unpaired) electrons. The van der Waals surface area contributed by atoms with Gasteiger partial charge in [0.25, 0.3) is 0 Å². The number of hydrogen-bond acceptors (Lipinski definition) is 4. The van der Waals surface area contributed by atoms with Crippen molar-refractivity contribution in [1.29, 1.82) is 0 Å². The Morgan fingerprint density at radius 3 is 2.13 bits per heavy atom. The number of aliphatic hydroxyl groups is 1. The van der Waals surface area contributed by atoms with Crippen molar-refractivity contribution in [3.63, 3.8) is 0 Å². The number of esters is 1. The van der Waals surface area contributed by atoms with Crippen LogP contribution in [0.25, 0.3) is 0 Å². The summed E-state index contributed by atoms with van der Waals surface area (Å²) in [5.74, 6) is -0.212. The van der Waals surface area contributed by atoms with Gasteiger partial charge in [-0.1, -0.05) is 88.6 Å². The number of rotatable bonds is 20. The third-order valence-electron chi connectivity index (χ3n) is 5.40. The molecule has 0 aliphatic carbocycles. The summed E-state index contributed by atoms with van der Waals surface area (Å²) in [6, 6.07) is 9.68. The van der Waals surface area contributed by atoms with Crippen LogP contribution in [0.2, 0.25) is 0 Å². The zero-order valence-corrected chi connectivity index (χ0v) is 19.7. The summed E-state index contributed by atoms with van der Waals surface area (Å²) in [6.45, 7) is 2.67. The van der Waals surface area contributed by atoms with Crippen LogP contribution >= 0.6 is 0 Å². The summed E-state index contributed by atoms with van der Waals surface area (Å²) in [6.07, 6.45) is 20.6. The first kappa shape index (κ1) is 27.2.